The molecule has 0 radical (unpaired) electrons. The first-order valence-electron chi connectivity index (χ1n) is 3.08. The number of nitrogens with zero attached hydrogens (tertiary/aromatic N) is 1. The highest BCUT2D eigenvalue weighted by molar-refractivity contribution is 6.69. The van der Waals surface area contributed by atoms with Crippen LogP contribution in [0.5, 0.6) is 0 Å². The third kappa shape index (κ3) is 4.10. The highest BCUT2D eigenvalue weighted by Gasteiger charge is 2.00. The summed E-state index contributed by atoms with van der Waals surface area (Å²) in [5.41, 5.74) is 0. The molecule has 1 heterocycles. The Morgan fingerprint density at radius 2 is 1.20 bits per heavy atom. The lowest BCUT2D eigenvalue weighted by Crippen LogP contribution is -1.51. The summed E-state index contributed by atoms with van der Waals surface area (Å²) in [6.07, 6.45) is 0. The van der Waals surface area contributed by atoms with Gasteiger partial charge in [-0.1, -0.05) is 48.0 Å². The fourth-order valence-corrected chi connectivity index (χ4v) is 0.475. The molecule has 1 aliphatic rings. The van der Waals surface area contributed by atoms with Crippen LogP contribution in [0.1, 0.15) is 0 Å². The first kappa shape index (κ1) is 7.29. The summed E-state index contributed by atoms with van der Waals surface area (Å²) in [4.78, 5) is 3.58. The molecule has 0 amide bonds. The van der Waals surface area contributed by atoms with E-state index in [0.717, 1.165) is 11.7 Å². The van der Waals surface area contributed by atoms with Crippen LogP contribution in [0.15, 0.2) is 41.4 Å². The van der Waals surface area contributed by atoms with Crippen LogP contribution in [0.4, 0.5) is 0 Å². The monoisotopic (exact) mass is 153 g/mol. The molecule has 2 rings (SSSR count). The van der Waals surface area contributed by atoms with E-state index in [2.05, 4.69) is 4.99 Å². The number of rotatable bonds is 0. The average Bonchev–Trinajstić information content (AvgIpc) is 2.77. The Balaban J connectivity index is 0.000000108. The van der Waals surface area contributed by atoms with Crippen molar-refractivity contribution < 1.29 is 0 Å². The van der Waals surface area contributed by atoms with Gasteiger partial charge in [0, 0.05) is 0 Å². The number of halogens is 1. The topological polar surface area (TPSA) is 12.4 Å². The molecule has 1 aromatic rings. The zero-order valence-electron chi connectivity index (χ0n) is 5.50. The Hall–Kier alpha value is -0.820. The van der Waals surface area contributed by atoms with E-state index >= 15 is 0 Å². The molecule has 0 N–H and O–H groups in total. The van der Waals surface area contributed by atoms with Crippen LogP contribution in [-0.2, 0) is 0 Å². The lowest BCUT2D eigenvalue weighted by atomic mass is 10.4. The fourth-order valence-electron chi connectivity index (χ4n) is 0.415. The van der Waals surface area contributed by atoms with E-state index in [9.17, 15) is 0 Å². The fraction of sp³-hybridized carbons (Fsp3) is 0.125. The molecule has 1 nitrogen and oxygen atoms in total. The zero-order valence-corrected chi connectivity index (χ0v) is 6.25. The molecule has 0 atom stereocenters. The van der Waals surface area contributed by atoms with E-state index in [0.29, 0.717) is 0 Å². The predicted octanol–water partition coefficient (Wildman–Crippen LogP) is 2.32. The molecule has 0 spiro atoms. The summed E-state index contributed by atoms with van der Waals surface area (Å²) in [6.45, 7) is 0.793. The molecule has 0 aliphatic carbocycles. The second-order valence-corrected chi connectivity index (χ2v) is 2.28. The van der Waals surface area contributed by atoms with Crippen molar-refractivity contribution >= 4 is 16.8 Å². The van der Waals surface area contributed by atoms with E-state index in [1.54, 1.807) is 0 Å². The van der Waals surface area contributed by atoms with Crippen molar-refractivity contribution in [1.29, 1.82) is 0 Å². The quantitative estimate of drug-likeness (QED) is 0.543. The highest BCUT2D eigenvalue weighted by Crippen LogP contribution is 1.98. The molecule has 0 fully saturated rings. The minimum absolute atomic E-state index is 0.764. The first-order chi connectivity index (χ1) is 4.89. The van der Waals surface area contributed by atoms with Crippen molar-refractivity contribution in [1.82, 2.24) is 0 Å². The SMILES string of the molecule is ClC1=NC1.c1ccccc1. The predicted molar refractivity (Wildman–Crippen MR) is 44.6 cm³/mol. The molecule has 1 aliphatic heterocycles. The maximum Gasteiger partial charge on any atom is 0.122 e. The van der Waals surface area contributed by atoms with Crippen LogP contribution in [0.3, 0.4) is 0 Å². The molecule has 10 heavy (non-hydrogen) atoms. The van der Waals surface area contributed by atoms with Gasteiger partial charge in [0.1, 0.15) is 5.17 Å². The van der Waals surface area contributed by atoms with Crippen LogP contribution >= 0.6 is 11.6 Å². The van der Waals surface area contributed by atoms with Crippen LogP contribution < -0.4 is 0 Å². The van der Waals surface area contributed by atoms with Gasteiger partial charge in [-0.15, -0.1) is 0 Å². The van der Waals surface area contributed by atoms with E-state index in [1.165, 1.54) is 0 Å². The first-order valence-corrected chi connectivity index (χ1v) is 3.46. The van der Waals surface area contributed by atoms with Crippen molar-refractivity contribution in [2.75, 3.05) is 6.54 Å². The van der Waals surface area contributed by atoms with Crippen LogP contribution in [0.2, 0.25) is 0 Å². The van der Waals surface area contributed by atoms with Gasteiger partial charge >= 0.3 is 0 Å². The van der Waals surface area contributed by atoms with Gasteiger partial charge < -0.3 is 0 Å². The van der Waals surface area contributed by atoms with Crippen LogP contribution in [-0.4, -0.2) is 11.7 Å². The number of hydrogen-bond acceptors (Lipinski definition) is 1. The number of benzene rings is 1. The minimum Gasteiger partial charge on any atom is -0.268 e. The highest BCUT2D eigenvalue weighted by atomic mass is 35.5. The Morgan fingerprint density at radius 1 is 1.00 bits per heavy atom. The van der Waals surface area contributed by atoms with Crippen molar-refractivity contribution in [2.45, 2.75) is 0 Å². The summed E-state index contributed by atoms with van der Waals surface area (Å²) in [6, 6.07) is 12.0. The van der Waals surface area contributed by atoms with Gasteiger partial charge in [-0.2, -0.15) is 0 Å². The molecule has 0 unspecified atom stereocenters. The van der Waals surface area contributed by atoms with Crippen LogP contribution in [0, 0.1) is 0 Å². The standard InChI is InChI=1S/C6H6.C2H2ClN/c1-2-4-6-5-3-1;3-2-1-4-2/h1-6H;1H2. The number of aliphatic imine (C=N–C) groups is 1. The van der Waals surface area contributed by atoms with E-state index in [-0.39, 0.29) is 0 Å². The van der Waals surface area contributed by atoms with Gasteiger partial charge in [-0.05, 0) is 0 Å². The number of hydrogen-bond donors (Lipinski definition) is 0. The molecular formula is C8H8ClN. The molecular weight excluding hydrogens is 146 g/mol. The van der Waals surface area contributed by atoms with Gasteiger partial charge in [-0.3, -0.25) is 4.99 Å². The molecule has 52 valence electrons. The molecule has 2 heteroatoms. The largest absolute Gasteiger partial charge is 0.268 e. The Kier molecular flexibility index (Phi) is 2.97. The van der Waals surface area contributed by atoms with E-state index < -0.39 is 0 Å². The van der Waals surface area contributed by atoms with Crippen molar-refractivity contribution in [3.05, 3.63) is 36.4 Å². The lowest BCUT2D eigenvalue weighted by Gasteiger charge is -1.69. The van der Waals surface area contributed by atoms with Gasteiger partial charge in [0.15, 0.2) is 0 Å². The summed E-state index contributed by atoms with van der Waals surface area (Å²) >= 11 is 5.14. The van der Waals surface area contributed by atoms with Crippen molar-refractivity contribution in [3.63, 3.8) is 0 Å². The lowest BCUT2D eigenvalue weighted by molar-refractivity contribution is 1.57. The Morgan fingerprint density at radius 3 is 1.30 bits per heavy atom. The average molecular weight is 154 g/mol. The second kappa shape index (κ2) is 4.07. The molecule has 0 bridgehead atoms. The molecule has 0 aromatic heterocycles. The normalized spacial score (nSPS) is 12.7. The third-order valence-corrected chi connectivity index (χ3v) is 1.18. The second-order valence-electron chi connectivity index (χ2n) is 1.85. The summed E-state index contributed by atoms with van der Waals surface area (Å²) in [5, 5.41) is 0.764. The summed E-state index contributed by atoms with van der Waals surface area (Å²) in [5.74, 6) is 0. The van der Waals surface area contributed by atoms with Crippen molar-refractivity contribution in [2.24, 2.45) is 4.99 Å². The van der Waals surface area contributed by atoms with Gasteiger partial charge in [-0.25, -0.2) is 0 Å². The third-order valence-electron chi connectivity index (χ3n) is 0.944. The Bertz CT molecular complexity index is 179. The molecule has 1 aromatic carbocycles. The minimum atomic E-state index is 0.764. The van der Waals surface area contributed by atoms with Gasteiger partial charge in [0.2, 0.25) is 0 Å². The van der Waals surface area contributed by atoms with E-state index in [4.69, 9.17) is 11.6 Å². The summed E-state index contributed by atoms with van der Waals surface area (Å²) in [7, 11) is 0. The zero-order chi connectivity index (χ0) is 7.23. The maximum atomic E-state index is 5.14. The van der Waals surface area contributed by atoms with Crippen LogP contribution in [0.25, 0.3) is 0 Å². The summed E-state index contributed by atoms with van der Waals surface area (Å²) < 4.78 is 0. The van der Waals surface area contributed by atoms with E-state index in [1.807, 2.05) is 36.4 Å². The smallest absolute Gasteiger partial charge is 0.122 e. The maximum absolute atomic E-state index is 5.14. The molecule has 0 saturated heterocycles. The van der Waals surface area contributed by atoms with Gasteiger partial charge in [0.25, 0.3) is 0 Å². The molecule has 0 saturated carbocycles. The van der Waals surface area contributed by atoms with Crippen molar-refractivity contribution in [3.8, 4) is 0 Å². The Labute approximate surface area is 65.4 Å². The van der Waals surface area contributed by atoms with Gasteiger partial charge in [0.05, 0.1) is 6.54 Å².